The van der Waals surface area contributed by atoms with Crippen molar-refractivity contribution in [1.82, 2.24) is 0 Å². The standard InChI is InChI=1S/C18H15N3O2S/c1-11-15(17(22)21-12-6-3-2-4-7-12)16(14-8-5-9-23-14)13(10-19)18(24)20-11/h2-9,15-16,24H,1H3,(H,21,22)/p-1/t15?,16-/m0/s1. The van der Waals surface area contributed by atoms with E-state index in [2.05, 4.69) is 16.4 Å². The van der Waals surface area contributed by atoms with E-state index in [0.717, 1.165) is 0 Å². The van der Waals surface area contributed by atoms with E-state index in [1.165, 1.54) is 6.26 Å². The molecule has 2 atom stereocenters. The van der Waals surface area contributed by atoms with Gasteiger partial charge in [-0.3, -0.25) is 9.79 Å². The van der Waals surface area contributed by atoms with Crippen LogP contribution in [0.2, 0.25) is 0 Å². The molecule has 6 heteroatoms. The summed E-state index contributed by atoms with van der Waals surface area (Å²) in [6.07, 6.45) is 1.51. The van der Waals surface area contributed by atoms with Crippen LogP contribution in [0.5, 0.6) is 0 Å². The average Bonchev–Trinajstić information content (AvgIpc) is 3.09. The van der Waals surface area contributed by atoms with Crippen LogP contribution in [0.15, 0.2) is 68.7 Å². The van der Waals surface area contributed by atoms with Gasteiger partial charge in [0.15, 0.2) is 0 Å². The molecule has 2 aromatic rings. The number of nitrogens with one attached hydrogen (secondary N) is 1. The molecule has 0 radical (unpaired) electrons. The molecule has 0 spiro atoms. The zero-order chi connectivity index (χ0) is 17.1. The topological polar surface area (TPSA) is 78.4 Å². The molecule has 0 saturated carbocycles. The molecule has 0 aliphatic carbocycles. The minimum Gasteiger partial charge on any atom is -0.759 e. The van der Waals surface area contributed by atoms with Crippen LogP contribution in [0.1, 0.15) is 18.6 Å². The molecular formula is C18H14N3O2S-. The first kappa shape index (κ1) is 16.0. The number of aliphatic imine (C=N–C) groups is 1. The zero-order valence-corrected chi connectivity index (χ0v) is 13.7. The van der Waals surface area contributed by atoms with Crippen molar-refractivity contribution in [1.29, 1.82) is 5.26 Å². The van der Waals surface area contributed by atoms with E-state index in [4.69, 9.17) is 17.0 Å². The normalized spacial score (nSPS) is 20.2. The van der Waals surface area contributed by atoms with Crippen molar-refractivity contribution in [2.45, 2.75) is 12.8 Å². The minimum absolute atomic E-state index is 0.208. The highest BCUT2D eigenvalue weighted by molar-refractivity contribution is 7.63. The number of hydrogen-bond acceptors (Lipinski definition) is 5. The van der Waals surface area contributed by atoms with Gasteiger partial charge < -0.3 is 22.4 Å². The molecule has 1 aliphatic rings. The van der Waals surface area contributed by atoms with Crippen LogP contribution in [0, 0.1) is 17.2 Å². The monoisotopic (exact) mass is 336 g/mol. The number of hydrogen-bond donors (Lipinski definition) is 1. The lowest BCUT2D eigenvalue weighted by atomic mass is 9.79. The summed E-state index contributed by atoms with van der Waals surface area (Å²) in [6.45, 7) is 1.74. The molecule has 0 saturated heterocycles. The van der Waals surface area contributed by atoms with Crippen LogP contribution < -0.4 is 5.32 Å². The Morgan fingerprint density at radius 1 is 1.29 bits per heavy atom. The van der Waals surface area contributed by atoms with Gasteiger partial charge in [0.25, 0.3) is 0 Å². The Morgan fingerprint density at radius 2 is 2.04 bits per heavy atom. The van der Waals surface area contributed by atoms with Crippen molar-refractivity contribution >= 4 is 29.9 Å². The number of amides is 1. The summed E-state index contributed by atoms with van der Waals surface area (Å²) in [5, 5.41) is 12.6. The maximum Gasteiger partial charge on any atom is 0.234 e. The van der Waals surface area contributed by atoms with Gasteiger partial charge in [0.05, 0.1) is 24.2 Å². The van der Waals surface area contributed by atoms with Crippen molar-refractivity contribution in [3.8, 4) is 6.07 Å². The third kappa shape index (κ3) is 2.94. The Hall–Kier alpha value is -2.91. The van der Waals surface area contributed by atoms with E-state index in [-0.39, 0.29) is 16.5 Å². The van der Waals surface area contributed by atoms with Gasteiger partial charge in [0, 0.05) is 17.0 Å². The highest BCUT2D eigenvalue weighted by atomic mass is 32.1. The smallest absolute Gasteiger partial charge is 0.234 e. The summed E-state index contributed by atoms with van der Waals surface area (Å²) in [5.41, 5.74) is 1.52. The fourth-order valence-electron chi connectivity index (χ4n) is 2.81. The van der Waals surface area contributed by atoms with Gasteiger partial charge in [-0.25, -0.2) is 0 Å². The van der Waals surface area contributed by atoms with E-state index in [0.29, 0.717) is 17.2 Å². The minimum atomic E-state index is -0.655. The molecular weight excluding hydrogens is 322 g/mol. The highest BCUT2D eigenvalue weighted by Gasteiger charge is 2.38. The molecule has 0 bridgehead atoms. The Bertz CT molecular complexity index is 848. The summed E-state index contributed by atoms with van der Waals surface area (Å²) in [7, 11) is 0. The molecule has 2 heterocycles. The van der Waals surface area contributed by atoms with Crippen LogP contribution in [-0.2, 0) is 17.4 Å². The lowest BCUT2D eigenvalue weighted by Gasteiger charge is -2.31. The molecule has 24 heavy (non-hydrogen) atoms. The molecule has 1 unspecified atom stereocenters. The summed E-state index contributed by atoms with van der Waals surface area (Å²) in [4.78, 5) is 17.1. The molecule has 1 N–H and O–H groups in total. The first-order valence-corrected chi connectivity index (χ1v) is 7.78. The molecule has 1 aliphatic heterocycles. The number of anilines is 1. The zero-order valence-electron chi connectivity index (χ0n) is 12.9. The van der Waals surface area contributed by atoms with Crippen LogP contribution in [0.25, 0.3) is 0 Å². The van der Waals surface area contributed by atoms with Gasteiger partial charge in [-0.05, 0) is 31.2 Å². The van der Waals surface area contributed by atoms with Crippen molar-refractivity contribution in [3.63, 3.8) is 0 Å². The number of para-hydroxylation sites is 1. The number of nitriles is 1. The predicted octanol–water partition coefficient (Wildman–Crippen LogP) is 3.37. The second kappa shape index (κ2) is 6.69. The number of rotatable bonds is 3. The van der Waals surface area contributed by atoms with Crippen molar-refractivity contribution in [2.24, 2.45) is 10.9 Å². The Balaban J connectivity index is 1.99. The first-order chi connectivity index (χ1) is 11.6. The molecule has 1 aromatic carbocycles. The van der Waals surface area contributed by atoms with Gasteiger partial charge in [-0.15, -0.1) is 0 Å². The van der Waals surface area contributed by atoms with Gasteiger partial charge in [-0.1, -0.05) is 23.2 Å². The van der Waals surface area contributed by atoms with E-state index in [9.17, 15) is 10.1 Å². The quantitative estimate of drug-likeness (QED) is 0.872. The number of furan rings is 1. The Kier molecular flexibility index (Phi) is 4.45. The highest BCUT2D eigenvalue weighted by Crippen LogP contribution is 2.38. The van der Waals surface area contributed by atoms with Gasteiger partial charge in [0.1, 0.15) is 5.76 Å². The average molecular weight is 336 g/mol. The number of carbonyl (C=O) groups is 1. The summed E-state index contributed by atoms with van der Waals surface area (Å²) < 4.78 is 5.47. The fraction of sp³-hybridized carbons (Fsp3) is 0.167. The van der Waals surface area contributed by atoms with Crippen LogP contribution >= 0.6 is 0 Å². The maximum atomic E-state index is 12.9. The van der Waals surface area contributed by atoms with Gasteiger partial charge in [-0.2, -0.15) is 5.26 Å². The van der Waals surface area contributed by atoms with Gasteiger partial charge in [0.2, 0.25) is 5.91 Å². The van der Waals surface area contributed by atoms with Crippen molar-refractivity contribution in [2.75, 3.05) is 5.32 Å². The van der Waals surface area contributed by atoms with E-state index in [1.54, 1.807) is 31.2 Å². The van der Waals surface area contributed by atoms with Crippen LogP contribution in [0.4, 0.5) is 5.69 Å². The van der Waals surface area contributed by atoms with E-state index in [1.807, 2.05) is 18.2 Å². The summed E-state index contributed by atoms with van der Waals surface area (Å²) in [5.74, 6) is -0.952. The van der Waals surface area contributed by atoms with Crippen molar-refractivity contribution in [3.05, 3.63) is 65.1 Å². The summed E-state index contributed by atoms with van der Waals surface area (Å²) in [6, 6.07) is 14.7. The fourth-order valence-corrected chi connectivity index (χ4v) is 3.12. The molecule has 0 fully saturated rings. The van der Waals surface area contributed by atoms with Crippen LogP contribution in [0.3, 0.4) is 0 Å². The van der Waals surface area contributed by atoms with Gasteiger partial charge >= 0.3 is 0 Å². The lowest BCUT2D eigenvalue weighted by molar-refractivity contribution is -0.118. The number of carbonyl (C=O) groups excluding carboxylic acids is 1. The number of benzene rings is 1. The second-order valence-electron chi connectivity index (χ2n) is 5.41. The number of nitrogens with zero attached hydrogens (tertiary/aromatic N) is 2. The maximum absolute atomic E-state index is 12.9. The largest absolute Gasteiger partial charge is 0.759 e. The SMILES string of the molecule is CC1=NC([S-])=C(C#N)[C@@H](c2ccco2)C1C(=O)Nc1ccccc1. The predicted molar refractivity (Wildman–Crippen MR) is 93.1 cm³/mol. The van der Waals surface area contributed by atoms with Crippen LogP contribution in [-0.4, -0.2) is 11.6 Å². The Labute approximate surface area is 145 Å². The molecule has 1 amide bonds. The molecule has 5 nitrogen and oxygen atoms in total. The summed E-state index contributed by atoms with van der Waals surface area (Å²) >= 11 is 5.20. The van der Waals surface area contributed by atoms with E-state index >= 15 is 0 Å². The Morgan fingerprint density at radius 3 is 2.67 bits per heavy atom. The van der Waals surface area contributed by atoms with E-state index < -0.39 is 11.8 Å². The number of allylic oxidation sites excluding steroid dienone is 1. The third-order valence-electron chi connectivity index (χ3n) is 3.90. The molecule has 3 rings (SSSR count). The first-order valence-electron chi connectivity index (χ1n) is 7.37. The lowest BCUT2D eigenvalue weighted by Crippen LogP contribution is -2.36. The van der Waals surface area contributed by atoms with Crippen molar-refractivity contribution < 1.29 is 9.21 Å². The second-order valence-corrected chi connectivity index (χ2v) is 5.80. The molecule has 120 valence electrons. The molecule has 1 aromatic heterocycles. The third-order valence-corrected chi connectivity index (χ3v) is 4.21.